The van der Waals surface area contributed by atoms with Crippen molar-refractivity contribution in [2.75, 3.05) is 0 Å². The van der Waals surface area contributed by atoms with Crippen LogP contribution in [0.1, 0.15) is 19.2 Å². The summed E-state index contributed by atoms with van der Waals surface area (Å²) in [6, 6.07) is -8.34. The molecule has 114 valence electrons. The zero-order valence-electron chi connectivity index (χ0n) is 25.8. The van der Waals surface area contributed by atoms with Gasteiger partial charge in [-0.15, -0.1) is 0 Å². The lowest BCUT2D eigenvalue weighted by atomic mass is 10.1. The molecule has 0 N–H and O–H groups in total. The van der Waals surface area contributed by atoms with Gasteiger partial charge >= 0.3 is 0 Å². The predicted molar refractivity (Wildman–Crippen MR) is 106 cm³/mol. The Kier molecular flexibility index (Phi) is 1.25. The number of fused-ring (bicyclic) bond motifs is 4. The molecule has 0 spiro atoms. The molecule has 0 radical (unpaired) electrons. The van der Waals surface area contributed by atoms with Gasteiger partial charge in [-0.05, 0) is 47.0 Å². The third-order valence-corrected chi connectivity index (χ3v) is 3.98. The number of halogens is 1. The second-order valence-corrected chi connectivity index (χ2v) is 5.74. The molecule has 1 nitrogen and oxygen atoms in total. The van der Waals surface area contributed by atoms with Gasteiger partial charge in [0.15, 0.2) is 0 Å². The molecule has 24 heavy (non-hydrogen) atoms. The van der Waals surface area contributed by atoms with Crippen LogP contribution in [-0.4, -0.2) is 4.57 Å². The lowest BCUT2D eigenvalue weighted by Gasteiger charge is -2.09. The predicted octanol–water partition coefficient (Wildman–Crippen LogP) is 6.70. The average molecular weight is 386 g/mol. The van der Waals surface area contributed by atoms with Gasteiger partial charge in [0.2, 0.25) is 0 Å². The zero-order valence-corrected chi connectivity index (χ0v) is 13.4. The lowest BCUT2D eigenvalue weighted by Crippen LogP contribution is -1.93. The van der Waals surface area contributed by atoms with Crippen molar-refractivity contribution in [1.82, 2.24) is 4.57 Å². The third kappa shape index (κ3) is 2.00. The Morgan fingerprint density at radius 1 is 0.667 bits per heavy atom. The Morgan fingerprint density at radius 2 is 1.42 bits per heavy atom. The molecule has 0 aliphatic carbocycles. The molecule has 0 aliphatic heterocycles. The highest BCUT2D eigenvalue weighted by Gasteiger charge is 2.12. The summed E-state index contributed by atoms with van der Waals surface area (Å²) in [6.07, 6.45) is 0. The highest BCUT2D eigenvalue weighted by Crippen LogP contribution is 2.34. The van der Waals surface area contributed by atoms with Crippen LogP contribution in [0.5, 0.6) is 0 Å². The number of aromatic nitrogens is 1. The second-order valence-electron chi connectivity index (χ2n) is 4.95. The average Bonchev–Trinajstić information content (AvgIpc) is 3.23. The monoisotopic (exact) mass is 385 g/mol. The summed E-state index contributed by atoms with van der Waals surface area (Å²) in [7, 11) is 0. The first-order valence-electron chi connectivity index (χ1n) is 13.9. The highest BCUT2D eigenvalue weighted by molar-refractivity contribution is 9.10. The Bertz CT molecular complexity index is 1850. The minimum Gasteiger partial charge on any atom is -0.309 e. The van der Waals surface area contributed by atoms with E-state index in [1.54, 1.807) is 0 Å². The van der Waals surface area contributed by atoms with Crippen molar-refractivity contribution in [3.8, 4) is 5.69 Å². The van der Waals surface area contributed by atoms with E-state index in [1.807, 2.05) is 0 Å². The van der Waals surface area contributed by atoms with Crippen LogP contribution in [0.4, 0.5) is 0 Å². The van der Waals surface area contributed by atoms with E-state index in [2.05, 4.69) is 15.9 Å². The smallest absolute Gasteiger partial charge is 0.0651 e. The van der Waals surface area contributed by atoms with Crippen molar-refractivity contribution in [2.45, 2.75) is 0 Å². The molecule has 0 saturated heterocycles. The molecular weight excluding hydrogens is 358 g/mol. The molecule has 0 aliphatic rings. The molecule has 1 heterocycles. The first kappa shape index (κ1) is 5.75. The van der Waals surface area contributed by atoms with Gasteiger partial charge in [0.1, 0.15) is 0 Å². The summed E-state index contributed by atoms with van der Waals surface area (Å²) < 4.78 is 119. The number of hydrogen-bond acceptors (Lipinski definition) is 0. The summed E-state index contributed by atoms with van der Waals surface area (Å²) in [5.74, 6) is 0. The summed E-state index contributed by atoms with van der Waals surface area (Å²) in [6.45, 7) is 0. The van der Waals surface area contributed by atoms with E-state index in [4.69, 9.17) is 19.2 Å². The van der Waals surface area contributed by atoms with Crippen LogP contribution in [-0.2, 0) is 0 Å². The van der Waals surface area contributed by atoms with Gasteiger partial charge in [-0.1, -0.05) is 64.3 Å². The van der Waals surface area contributed by atoms with Gasteiger partial charge in [0, 0.05) is 20.9 Å². The van der Waals surface area contributed by atoms with Crippen molar-refractivity contribution in [2.24, 2.45) is 0 Å². The first-order chi connectivity index (χ1) is 17.7. The molecule has 0 bridgehead atoms. The normalized spacial score (nSPS) is 19.7. The van der Waals surface area contributed by atoms with Crippen molar-refractivity contribution in [3.63, 3.8) is 0 Å². The number of benzene rings is 4. The maximum atomic E-state index is 8.92. The third-order valence-electron chi connectivity index (χ3n) is 3.59. The van der Waals surface area contributed by atoms with Gasteiger partial charge < -0.3 is 4.57 Å². The number of hydrogen-bond donors (Lipinski definition) is 0. The van der Waals surface area contributed by atoms with Crippen LogP contribution < -0.4 is 0 Å². The largest absolute Gasteiger partial charge is 0.309 e. The molecule has 1 aromatic heterocycles. The van der Waals surface area contributed by atoms with Crippen molar-refractivity contribution < 1.29 is 19.2 Å². The molecule has 5 aromatic rings. The lowest BCUT2D eigenvalue weighted by molar-refractivity contribution is 1.19. The molecular formula is C22H14BrN. The van der Waals surface area contributed by atoms with E-state index in [0.717, 1.165) is 4.57 Å². The molecule has 5 rings (SSSR count). The fourth-order valence-electron chi connectivity index (χ4n) is 2.60. The summed E-state index contributed by atoms with van der Waals surface area (Å²) in [5, 5.41) is -1.08. The molecule has 0 atom stereocenters. The van der Waals surface area contributed by atoms with E-state index in [9.17, 15) is 0 Å². The Hall–Kier alpha value is -2.58. The van der Waals surface area contributed by atoms with Crippen LogP contribution in [0.2, 0.25) is 0 Å². The molecule has 0 unspecified atom stereocenters. The fourth-order valence-corrected chi connectivity index (χ4v) is 2.90. The number of nitrogens with zero attached hydrogens (tertiary/aromatic N) is 1. The molecule has 4 aromatic carbocycles. The van der Waals surface area contributed by atoms with Crippen molar-refractivity contribution >= 4 is 48.5 Å². The van der Waals surface area contributed by atoms with Crippen molar-refractivity contribution in [3.05, 3.63) is 89.1 Å². The van der Waals surface area contributed by atoms with Gasteiger partial charge in [-0.25, -0.2) is 0 Å². The number of para-hydroxylation sites is 1. The quantitative estimate of drug-likeness (QED) is 0.302. The van der Waals surface area contributed by atoms with E-state index < -0.39 is 84.2 Å². The molecule has 2 heteroatoms. The minimum absolute atomic E-state index is 0.104. The SMILES string of the molecule is [2H]c1c([2H])c([2H])c2c([2H])c(-n3c4c([2H])c([2H])c([2H])c([2H])c4c4c([2H])c(Br)c([2H])c([2H])c43)c([2H])c([2H])c2c1[2H]. The zero-order chi connectivity index (χ0) is 28.3. The minimum atomic E-state index is -0.695. The fraction of sp³-hybridized carbons (Fsp3) is 0. The topological polar surface area (TPSA) is 4.93 Å². The van der Waals surface area contributed by atoms with E-state index >= 15 is 0 Å². The van der Waals surface area contributed by atoms with Gasteiger partial charge in [0.05, 0.1) is 30.2 Å². The van der Waals surface area contributed by atoms with Crippen molar-refractivity contribution in [1.29, 1.82) is 0 Å². The van der Waals surface area contributed by atoms with E-state index in [1.165, 1.54) is 0 Å². The van der Waals surface area contributed by atoms with Gasteiger partial charge in [-0.2, -0.15) is 0 Å². The Morgan fingerprint density at radius 3 is 2.33 bits per heavy atom. The summed E-state index contributed by atoms with van der Waals surface area (Å²) >= 11 is 3.10. The van der Waals surface area contributed by atoms with Gasteiger partial charge in [0.25, 0.3) is 0 Å². The maximum Gasteiger partial charge on any atom is 0.0651 e. The Balaban J connectivity index is 2.21. The van der Waals surface area contributed by atoms with Crippen LogP contribution >= 0.6 is 15.9 Å². The standard InChI is InChI=1S/C22H14BrN/c23-17-10-12-22-20(14-17)19-7-3-4-8-21(19)24(22)18-11-9-15-5-1-2-6-16(15)13-18/h1-14H/i1D,2D,3D,4D,5D,6D,7D,8D,9D,10D,11D,12D,13D,14D. The first-order valence-corrected chi connectivity index (χ1v) is 7.65. The Labute approximate surface area is 167 Å². The van der Waals surface area contributed by atoms with Crippen LogP contribution in [0.3, 0.4) is 0 Å². The van der Waals surface area contributed by atoms with Crippen LogP contribution in [0.25, 0.3) is 38.3 Å². The maximum absolute atomic E-state index is 8.92. The van der Waals surface area contributed by atoms with E-state index in [-0.39, 0.29) is 43.1 Å². The molecule has 0 saturated carbocycles. The molecule has 0 fully saturated rings. The van der Waals surface area contributed by atoms with Crippen LogP contribution in [0.15, 0.2) is 89.1 Å². The summed E-state index contributed by atoms with van der Waals surface area (Å²) in [5.41, 5.74) is -1.05. The van der Waals surface area contributed by atoms with E-state index in [0.29, 0.717) is 0 Å². The number of rotatable bonds is 1. The highest BCUT2D eigenvalue weighted by atomic mass is 79.9. The summed E-state index contributed by atoms with van der Waals surface area (Å²) in [4.78, 5) is 0. The molecule has 0 amide bonds. The van der Waals surface area contributed by atoms with Crippen LogP contribution in [0, 0.1) is 0 Å². The second kappa shape index (κ2) is 5.22. The van der Waals surface area contributed by atoms with Gasteiger partial charge in [-0.3, -0.25) is 0 Å².